The molecular formula is C22H22ClF4N7O3. The Morgan fingerprint density at radius 2 is 2.05 bits per heavy atom. The molecule has 4 fully saturated rings. The smallest absolute Gasteiger partial charge is 0.443 e. The molecule has 10 nitrogen and oxygen atoms in total. The number of aromatic amines is 1. The second-order valence-corrected chi connectivity index (χ2v) is 10.3. The zero-order valence-electron chi connectivity index (χ0n) is 19.2. The van der Waals surface area contributed by atoms with Crippen molar-refractivity contribution in [2.75, 3.05) is 5.32 Å². The first-order valence-electron chi connectivity index (χ1n) is 11.8. The first-order valence-corrected chi connectivity index (χ1v) is 12.1. The van der Waals surface area contributed by atoms with Crippen molar-refractivity contribution in [1.82, 2.24) is 30.1 Å². The van der Waals surface area contributed by atoms with Crippen LogP contribution in [0.1, 0.15) is 49.4 Å². The van der Waals surface area contributed by atoms with Crippen molar-refractivity contribution < 1.29 is 31.8 Å². The average Bonchev–Trinajstić information content (AvgIpc) is 3.47. The predicted octanol–water partition coefficient (Wildman–Crippen LogP) is 4.75. The summed E-state index contributed by atoms with van der Waals surface area (Å²) in [4.78, 5) is 16.4. The molecule has 3 aromatic heterocycles. The number of hydrogen-bond acceptors (Lipinski definition) is 7. The second-order valence-electron chi connectivity index (χ2n) is 9.90. The van der Waals surface area contributed by atoms with Crippen molar-refractivity contribution in [3.63, 3.8) is 0 Å². The Morgan fingerprint density at radius 1 is 1.27 bits per heavy atom. The first kappa shape index (κ1) is 24.2. The molecule has 4 saturated carbocycles. The normalized spacial score (nSPS) is 28.6. The summed E-state index contributed by atoms with van der Waals surface area (Å²) < 4.78 is 62.8. The molecule has 3 atom stereocenters. The lowest BCUT2D eigenvalue weighted by Gasteiger charge is -2.61. The molecule has 0 spiro atoms. The molecule has 4 aliphatic rings. The molecule has 1 amide bonds. The summed E-state index contributed by atoms with van der Waals surface area (Å²) in [5.74, 6) is 0.625. The van der Waals surface area contributed by atoms with Gasteiger partial charge in [-0.15, -0.1) is 13.2 Å². The molecule has 3 aromatic rings. The highest BCUT2D eigenvalue weighted by molar-refractivity contribution is 6.29. The Hall–Kier alpha value is -3.13. The van der Waals surface area contributed by atoms with Crippen LogP contribution in [-0.4, -0.2) is 55.1 Å². The Morgan fingerprint density at radius 3 is 2.76 bits per heavy atom. The van der Waals surface area contributed by atoms with Crippen molar-refractivity contribution in [3.8, 4) is 0 Å². The highest BCUT2D eigenvalue weighted by Crippen LogP contribution is 2.57. The van der Waals surface area contributed by atoms with E-state index in [-0.39, 0.29) is 22.2 Å². The summed E-state index contributed by atoms with van der Waals surface area (Å²) in [6, 6.07) is 2.98. The number of H-pyrrole nitrogens is 1. The minimum absolute atomic E-state index is 0.0162. The number of ether oxygens (including phenoxy) is 2. The summed E-state index contributed by atoms with van der Waals surface area (Å²) >= 11 is 6.04. The molecule has 4 aliphatic carbocycles. The monoisotopic (exact) mass is 543 g/mol. The molecular weight excluding hydrogens is 522 g/mol. The Bertz CT molecular complexity index is 1330. The molecule has 0 unspecified atom stereocenters. The zero-order valence-corrected chi connectivity index (χ0v) is 19.9. The number of amides is 1. The van der Waals surface area contributed by atoms with Gasteiger partial charge >= 0.3 is 12.5 Å². The van der Waals surface area contributed by atoms with Gasteiger partial charge in [0, 0.05) is 23.2 Å². The number of rotatable bonds is 7. The van der Waals surface area contributed by atoms with Crippen LogP contribution in [0.3, 0.4) is 0 Å². The van der Waals surface area contributed by atoms with Crippen LogP contribution in [0.5, 0.6) is 0 Å². The highest BCUT2D eigenvalue weighted by atomic mass is 35.5. The van der Waals surface area contributed by atoms with E-state index in [4.69, 9.17) is 16.3 Å². The van der Waals surface area contributed by atoms with Gasteiger partial charge in [-0.2, -0.15) is 10.2 Å². The van der Waals surface area contributed by atoms with Crippen LogP contribution < -0.4 is 10.6 Å². The number of carbonyl (C=O) groups excluding carboxylic acids is 1. The van der Waals surface area contributed by atoms with Gasteiger partial charge in [-0.3, -0.25) is 9.84 Å². The van der Waals surface area contributed by atoms with Crippen LogP contribution in [0.4, 0.5) is 34.0 Å². The Labute approximate surface area is 212 Å². The molecule has 15 heteroatoms. The second kappa shape index (κ2) is 8.72. The Balaban J connectivity index is 1.11. The van der Waals surface area contributed by atoms with E-state index in [1.165, 1.54) is 16.8 Å². The van der Waals surface area contributed by atoms with Crippen molar-refractivity contribution in [2.45, 2.75) is 68.8 Å². The number of alkyl carbamates (subject to hydrolysis) is 1. The lowest BCUT2D eigenvalue weighted by atomic mass is 9.50. The van der Waals surface area contributed by atoms with Gasteiger partial charge in [-0.05, 0) is 44.1 Å². The standard InChI is InChI=1S/C22H22ClF4N7O3/c23-16-8-34-14(3-11(33-34)9-36-22(25,26)27)19(28-16)29-17-4-13(31-32-17)12-1-2-15(18(12)24)37-20(35)30-21-5-10(6-21)7-21/h3-4,8,10,12,15,18H,1-2,5-7,9H2,(H,30,35)(H2,28,29,31,32)/t10?,12-,15-,18-,21?/m0/s1. The van der Waals surface area contributed by atoms with Crippen LogP contribution in [-0.2, 0) is 16.1 Å². The van der Waals surface area contributed by atoms with E-state index in [0.29, 0.717) is 35.8 Å². The topological polar surface area (TPSA) is 118 Å². The zero-order chi connectivity index (χ0) is 25.9. The summed E-state index contributed by atoms with van der Waals surface area (Å²) in [6.07, 6.45) is -2.55. The summed E-state index contributed by atoms with van der Waals surface area (Å²) in [5.41, 5.74) is 0.716. The van der Waals surface area contributed by atoms with Crippen molar-refractivity contribution in [2.24, 2.45) is 5.92 Å². The molecule has 2 bridgehead atoms. The predicted molar refractivity (Wildman–Crippen MR) is 121 cm³/mol. The van der Waals surface area contributed by atoms with Crippen molar-refractivity contribution >= 4 is 34.8 Å². The molecule has 7 rings (SSSR count). The fraction of sp³-hybridized carbons (Fsp3) is 0.545. The Kier molecular flexibility index (Phi) is 5.71. The first-order chi connectivity index (χ1) is 17.6. The summed E-state index contributed by atoms with van der Waals surface area (Å²) in [5, 5.41) is 16.8. The van der Waals surface area contributed by atoms with Gasteiger partial charge in [0.15, 0.2) is 11.6 Å². The van der Waals surface area contributed by atoms with Crippen LogP contribution >= 0.6 is 11.6 Å². The number of nitrogens with zero attached hydrogens (tertiary/aromatic N) is 4. The molecule has 198 valence electrons. The number of fused-ring (bicyclic) bond motifs is 1. The van der Waals surface area contributed by atoms with Crippen molar-refractivity contribution in [1.29, 1.82) is 0 Å². The third-order valence-electron chi connectivity index (χ3n) is 7.27. The van der Waals surface area contributed by atoms with E-state index in [1.54, 1.807) is 6.07 Å². The summed E-state index contributed by atoms with van der Waals surface area (Å²) in [7, 11) is 0. The SMILES string of the molecule is O=C(NC12CC(C1)C2)O[C@H]1CC[C@@H](c2cc(Nc3nc(Cl)cn4nc(COC(F)(F)F)cc34)n[nH]2)[C@@H]1F. The minimum Gasteiger partial charge on any atom is -0.443 e. The number of carbonyl (C=O) groups is 1. The van der Waals surface area contributed by atoms with E-state index in [2.05, 4.69) is 35.7 Å². The van der Waals surface area contributed by atoms with E-state index in [1.807, 2.05) is 0 Å². The van der Waals surface area contributed by atoms with Gasteiger partial charge in [-0.1, -0.05) is 11.6 Å². The van der Waals surface area contributed by atoms with Gasteiger partial charge < -0.3 is 15.4 Å². The number of aromatic nitrogens is 5. The fourth-order valence-electron chi connectivity index (χ4n) is 5.43. The number of halogens is 5. The minimum atomic E-state index is -4.79. The maximum absolute atomic E-state index is 15.2. The van der Waals surface area contributed by atoms with Gasteiger partial charge in [-0.25, -0.2) is 18.7 Å². The van der Waals surface area contributed by atoms with E-state index in [9.17, 15) is 18.0 Å². The maximum Gasteiger partial charge on any atom is 0.522 e. The maximum atomic E-state index is 15.2. The molecule has 3 heterocycles. The number of anilines is 2. The molecule has 0 radical (unpaired) electrons. The highest BCUT2D eigenvalue weighted by Gasteiger charge is 2.58. The molecule has 0 saturated heterocycles. The molecule has 0 aromatic carbocycles. The third kappa shape index (κ3) is 4.79. The fourth-order valence-corrected chi connectivity index (χ4v) is 5.61. The number of hydrogen-bond donors (Lipinski definition) is 3. The lowest BCUT2D eigenvalue weighted by Crippen LogP contribution is -2.68. The summed E-state index contributed by atoms with van der Waals surface area (Å²) in [6.45, 7) is -0.781. The molecule has 3 N–H and O–H groups in total. The average molecular weight is 544 g/mol. The third-order valence-corrected chi connectivity index (χ3v) is 7.45. The van der Waals surface area contributed by atoms with Gasteiger partial charge in [0.1, 0.15) is 29.6 Å². The van der Waals surface area contributed by atoms with Crippen LogP contribution in [0, 0.1) is 5.92 Å². The number of alkyl halides is 4. The quantitative estimate of drug-likeness (QED) is 0.368. The van der Waals surface area contributed by atoms with E-state index >= 15 is 4.39 Å². The number of nitrogens with one attached hydrogen (secondary N) is 3. The van der Waals surface area contributed by atoms with Crippen molar-refractivity contribution in [3.05, 3.63) is 34.9 Å². The van der Waals surface area contributed by atoms with Crippen LogP contribution in [0.2, 0.25) is 5.15 Å². The lowest BCUT2D eigenvalue weighted by molar-refractivity contribution is -0.330. The molecule has 37 heavy (non-hydrogen) atoms. The van der Waals surface area contributed by atoms with Gasteiger partial charge in [0.25, 0.3) is 0 Å². The van der Waals surface area contributed by atoms with Gasteiger partial charge in [0.05, 0.1) is 11.9 Å². The van der Waals surface area contributed by atoms with Gasteiger partial charge in [0.2, 0.25) is 0 Å². The van der Waals surface area contributed by atoms with Crippen LogP contribution in [0.15, 0.2) is 18.3 Å². The molecule has 0 aliphatic heterocycles. The van der Waals surface area contributed by atoms with Crippen LogP contribution in [0.25, 0.3) is 5.52 Å². The largest absolute Gasteiger partial charge is 0.522 e. The van der Waals surface area contributed by atoms with E-state index < -0.39 is 37.3 Å². The van der Waals surface area contributed by atoms with E-state index in [0.717, 1.165) is 19.3 Å².